The van der Waals surface area contributed by atoms with Crippen LogP contribution in [-0.2, 0) is 0 Å². The van der Waals surface area contributed by atoms with Gasteiger partial charge in [-0.1, -0.05) is 38.3 Å². The summed E-state index contributed by atoms with van der Waals surface area (Å²) in [5, 5.41) is 3.92. The SMILES string of the molecule is CCC(CC)CNc1cc(Cl)nc(C2CC2)n1. The minimum absolute atomic E-state index is 0.544. The Balaban J connectivity index is 1.99. The van der Waals surface area contributed by atoms with Gasteiger partial charge in [-0.05, 0) is 18.8 Å². The molecule has 2 rings (SSSR count). The van der Waals surface area contributed by atoms with E-state index in [1.807, 2.05) is 6.07 Å². The molecule has 0 aliphatic heterocycles. The van der Waals surface area contributed by atoms with Gasteiger partial charge in [-0.25, -0.2) is 9.97 Å². The molecule has 1 aromatic rings. The summed E-state index contributed by atoms with van der Waals surface area (Å²) >= 11 is 6.01. The van der Waals surface area contributed by atoms with Crippen molar-refractivity contribution in [2.24, 2.45) is 5.92 Å². The predicted molar refractivity (Wildman–Crippen MR) is 71.6 cm³/mol. The summed E-state index contributed by atoms with van der Waals surface area (Å²) < 4.78 is 0. The van der Waals surface area contributed by atoms with Gasteiger partial charge in [0.2, 0.25) is 0 Å². The van der Waals surface area contributed by atoms with Gasteiger partial charge in [0.1, 0.15) is 16.8 Å². The topological polar surface area (TPSA) is 37.8 Å². The third-order valence-corrected chi connectivity index (χ3v) is 3.57. The van der Waals surface area contributed by atoms with Crippen LogP contribution < -0.4 is 5.32 Å². The molecule has 1 heterocycles. The summed E-state index contributed by atoms with van der Waals surface area (Å²) in [5.41, 5.74) is 0. The molecule has 3 nitrogen and oxygen atoms in total. The van der Waals surface area contributed by atoms with Gasteiger partial charge < -0.3 is 5.32 Å². The monoisotopic (exact) mass is 253 g/mol. The maximum Gasteiger partial charge on any atom is 0.135 e. The normalized spacial score (nSPS) is 15.3. The Labute approximate surface area is 108 Å². The van der Waals surface area contributed by atoms with Crippen molar-refractivity contribution < 1.29 is 0 Å². The predicted octanol–water partition coefficient (Wildman–Crippen LogP) is 3.86. The molecule has 1 fully saturated rings. The molecule has 0 bridgehead atoms. The van der Waals surface area contributed by atoms with E-state index in [0.29, 0.717) is 17.0 Å². The average Bonchev–Trinajstić information content (AvgIpc) is 3.13. The Bertz CT molecular complexity index is 373. The van der Waals surface area contributed by atoms with Crippen LogP contribution in [0, 0.1) is 5.92 Å². The van der Waals surface area contributed by atoms with E-state index in [1.165, 1.54) is 25.7 Å². The fraction of sp³-hybridized carbons (Fsp3) is 0.692. The molecule has 0 saturated heterocycles. The number of nitrogens with zero attached hydrogens (tertiary/aromatic N) is 2. The van der Waals surface area contributed by atoms with Crippen LogP contribution in [0.4, 0.5) is 5.82 Å². The molecular formula is C13H20ClN3. The van der Waals surface area contributed by atoms with E-state index in [1.54, 1.807) is 0 Å². The highest BCUT2D eigenvalue weighted by Crippen LogP contribution is 2.38. The Morgan fingerprint density at radius 1 is 1.35 bits per heavy atom. The first-order valence-electron chi connectivity index (χ1n) is 6.51. The van der Waals surface area contributed by atoms with Crippen molar-refractivity contribution in [1.29, 1.82) is 0 Å². The van der Waals surface area contributed by atoms with Gasteiger partial charge in [-0.15, -0.1) is 0 Å². The Morgan fingerprint density at radius 3 is 2.65 bits per heavy atom. The molecular weight excluding hydrogens is 234 g/mol. The molecule has 17 heavy (non-hydrogen) atoms. The molecule has 94 valence electrons. The summed E-state index contributed by atoms with van der Waals surface area (Å²) in [4.78, 5) is 8.81. The summed E-state index contributed by atoms with van der Waals surface area (Å²) in [6, 6.07) is 1.82. The third kappa shape index (κ3) is 3.56. The lowest BCUT2D eigenvalue weighted by Gasteiger charge is -2.14. The zero-order chi connectivity index (χ0) is 12.3. The minimum atomic E-state index is 0.544. The van der Waals surface area contributed by atoms with E-state index in [9.17, 15) is 0 Å². The average molecular weight is 254 g/mol. The lowest BCUT2D eigenvalue weighted by atomic mass is 10.0. The van der Waals surface area contributed by atoms with Gasteiger partial charge in [-0.2, -0.15) is 0 Å². The van der Waals surface area contributed by atoms with Crippen molar-refractivity contribution in [2.75, 3.05) is 11.9 Å². The summed E-state index contributed by atoms with van der Waals surface area (Å²) in [6.07, 6.45) is 4.79. The minimum Gasteiger partial charge on any atom is -0.370 e. The lowest BCUT2D eigenvalue weighted by molar-refractivity contribution is 0.518. The van der Waals surface area contributed by atoms with E-state index >= 15 is 0 Å². The summed E-state index contributed by atoms with van der Waals surface area (Å²) in [5.74, 6) is 3.03. The van der Waals surface area contributed by atoms with Crippen molar-refractivity contribution in [3.05, 3.63) is 17.0 Å². The van der Waals surface area contributed by atoms with E-state index in [-0.39, 0.29) is 0 Å². The maximum absolute atomic E-state index is 6.01. The standard InChI is InChI=1S/C13H20ClN3/c1-3-9(4-2)8-15-12-7-11(14)16-13(17-12)10-5-6-10/h7,9-10H,3-6,8H2,1-2H3,(H,15,16,17). The highest BCUT2D eigenvalue weighted by molar-refractivity contribution is 6.29. The fourth-order valence-electron chi connectivity index (χ4n) is 1.88. The molecule has 0 unspecified atom stereocenters. The second-order valence-corrected chi connectivity index (χ2v) is 5.16. The molecule has 0 aromatic carbocycles. The van der Waals surface area contributed by atoms with Gasteiger partial charge in [0.25, 0.3) is 0 Å². The first kappa shape index (κ1) is 12.6. The number of hydrogen-bond donors (Lipinski definition) is 1. The third-order valence-electron chi connectivity index (χ3n) is 3.38. The molecule has 0 amide bonds. The van der Waals surface area contributed by atoms with Crippen molar-refractivity contribution in [1.82, 2.24) is 9.97 Å². The van der Waals surface area contributed by atoms with Gasteiger partial charge in [-0.3, -0.25) is 0 Å². The number of hydrogen-bond acceptors (Lipinski definition) is 3. The second-order valence-electron chi connectivity index (χ2n) is 4.77. The van der Waals surface area contributed by atoms with Crippen LogP contribution in [0.25, 0.3) is 0 Å². The first-order valence-corrected chi connectivity index (χ1v) is 6.89. The van der Waals surface area contributed by atoms with Crippen molar-refractivity contribution >= 4 is 17.4 Å². The van der Waals surface area contributed by atoms with Gasteiger partial charge in [0.05, 0.1) is 0 Å². The van der Waals surface area contributed by atoms with Crippen molar-refractivity contribution in [2.45, 2.75) is 45.4 Å². The van der Waals surface area contributed by atoms with E-state index in [4.69, 9.17) is 11.6 Å². The number of anilines is 1. The Morgan fingerprint density at radius 2 is 2.06 bits per heavy atom. The Kier molecular flexibility index (Phi) is 4.21. The molecule has 0 radical (unpaired) electrons. The zero-order valence-corrected chi connectivity index (χ0v) is 11.3. The summed E-state index contributed by atoms with van der Waals surface area (Å²) in [7, 11) is 0. The molecule has 4 heteroatoms. The quantitative estimate of drug-likeness (QED) is 0.783. The molecule has 0 spiro atoms. The first-order chi connectivity index (χ1) is 8.22. The second kappa shape index (κ2) is 5.67. The van der Waals surface area contributed by atoms with Crippen LogP contribution >= 0.6 is 11.6 Å². The van der Waals surface area contributed by atoms with E-state index in [0.717, 1.165) is 18.2 Å². The van der Waals surface area contributed by atoms with E-state index < -0.39 is 0 Å². The maximum atomic E-state index is 6.01. The Hall–Kier alpha value is -0.830. The van der Waals surface area contributed by atoms with Gasteiger partial charge >= 0.3 is 0 Å². The summed E-state index contributed by atoms with van der Waals surface area (Å²) in [6.45, 7) is 5.40. The van der Waals surface area contributed by atoms with Crippen LogP contribution in [0.1, 0.15) is 51.3 Å². The van der Waals surface area contributed by atoms with Crippen LogP contribution in [0.5, 0.6) is 0 Å². The molecule has 1 N–H and O–H groups in total. The number of rotatable bonds is 6. The van der Waals surface area contributed by atoms with Gasteiger partial charge in [0, 0.05) is 18.5 Å². The van der Waals surface area contributed by atoms with Crippen LogP contribution in [0.3, 0.4) is 0 Å². The lowest BCUT2D eigenvalue weighted by Crippen LogP contribution is -2.14. The zero-order valence-electron chi connectivity index (χ0n) is 10.5. The number of nitrogens with one attached hydrogen (secondary N) is 1. The molecule has 1 aliphatic rings. The van der Waals surface area contributed by atoms with Crippen molar-refractivity contribution in [3.8, 4) is 0 Å². The molecule has 0 atom stereocenters. The highest BCUT2D eigenvalue weighted by atomic mass is 35.5. The number of halogens is 1. The van der Waals surface area contributed by atoms with Crippen molar-refractivity contribution in [3.63, 3.8) is 0 Å². The van der Waals surface area contributed by atoms with Crippen LogP contribution in [0.2, 0.25) is 5.15 Å². The van der Waals surface area contributed by atoms with E-state index in [2.05, 4.69) is 29.1 Å². The largest absolute Gasteiger partial charge is 0.370 e. The fourth-order valence-corrected chi connectivity index (χ4v) is 2.07. The number of aromatic nitrogens is 2. The smallest absolute Gasteiger partial charge is 0.135 e. The van der Waals surface area contributed by atoms with Crippen LogP contribution in [-0.4, -0.2) is 16.5 Å². The van der Waals surface area contributed by atoms with Crippen LogP contribution in [0.15, 0.2) is 6.07 Å². The molecule has 1 aromatic heterocycles. The molecule has 1 saturated carbocycles. The van der Waals surface area contributed by atoms with Gasteiger partial charge in [0.15, 0.2) is 0 Å². The highest BCUT2D eigenvalue weighted by Gasteiger charge is 2.27. The molecule has 1 aliphatic carbocycles.